The summed E-state index contributed by atoms with van der Waals surface area (Å²) in [6.07, 6.45) is 0.454. The van der Waals surface area contributed by atoms with Gasteiger partial charge in [0.1, 0.15) is 0 Å². The van der Waals surface area contributed by atoms with Crippen molar-refractivity contribution in [1.82, 2.24) is 9.78 Å². The van der Waals surface area contributed by atoms with Crippen LogP contribution in [0.1, 0.15) is 12.1 Å². The molecular formula is C8H11F2N3. The van der Waals surface area contributed by atoms with Crippen LogP contribution in [-0.2, 0) is 13.5 Å². The van der Waals surface area contributed by atoms with Crippen LogP contribution in [0.25, 0.3) is 0 Å². The fourth-order valence-corrected chi connectivity index (χ4v) is 1.63. The van der Waals surface area contributed by atoms with Gasteiger partial charge in [0.2, 0.25) is 0 Å². The lowest BCUT2D eigenvalue weighted by Crippen LogP contribution is -2.32. The highest BCUT2D eigenvalue weighted by atomic mass is 19.3. The molecule has 0 spiro atoms. The summed E-state index contributed by atoms with van der Waals surface area (Å²) < 4.78 is 26.4. The Bertz CT molecular complexity index is 308. The Balaban J connectivity index is 2.21. The zero-order valence-electron chi connectivity index (χ0n) is 7.30. The molecule has 0 aromatic carbocycles. The third-order valence-electron chi connectivity index (χ3n) is 2.40. The van der Waals surface area contributed by atoms with E-state index in [4.69, 9.17) is 0 Å². The lowest BCUT2D eigenvalue weighted by molar-refractivity contribution is 0.119. The zero-order valence-corrected chi connectivity index (χ0v) is 7.30. The molecule has 72 valence electrons. The first-order chi connectivity index (χ1) is 6.18. The van der Waals surface area contributed by atoms with Crippen LogP contribution in [0.3, 0.4) is 0 Å². The second-order valence-electron chi connectivity index (χ2n) is 3.25. The third-order valence-corrected chi connectivity index (χ3v) is 2.40. The predicted molar refractivity (Wildman–Crippen MR) is 44.9 cm³/mol. The van der Waals surface area contributed by atoms with Crippen LogP contribution in [0, 0.1) is 0 Å². The van der Waals surface area contributed by atoms with E-state index in [1.807, 2.05) is 7.05 Å². The normalized spacial score (nSPS) is 21.4. The van der Waals surface area contributed by atoms with Crippen molar-refractivity contribution < 1.29 is 8.78 Å². The smallest absolute Gasteiger partial charge is 0.258 e. The van der Waals surface area contributed by atoms with Gasteiger partial charge in [-0.3, -0.25) is 4.68 Å². The molecule has 1 aromatic rings. The van der Waals surface area contributed by atoms with Gasteiger partial charge < -0.3 is 5.32 Å². The summed E-state index contributed by atoms with van der Waals surface area (Å²) in [4.78, 5) is 0. The molecule has 1 N–H and O–H groups in total. The van der Waals surface area contributed by atoms with Crippen LogP contribution in [0.4, 0.5) is 14.5 Å². The van der Waals surface area contributed by atoms with Crippen molar-refractivity contribution in [2.45, 2.75) is 25.3 Å². The average molecular weight is 187 g/mol. The highest BCUT2D eigenvalue weighted by molar-refractivity contribution is 5.49. The number of alkyl halides is 2. The lowest BCUT2D eigenvalue weighted by Gasteiger charge is -2.23. The maximum atomic E-state index is 12.3. The minimum atomic E-state index is -2.30. The van der Waals surface area contributed by atoms with E-state index in [9.17, 15) is 8.78 Å². The van der Waals surface area contributed by atoms with Crippen molar-refractivity contribution >= 4 is 5.69 Å². The van der Waals surface area contributed by atoms with Gasteiger partial charge in [-0.15, -0.1) is 0 Å². The number of fused-ring (bicyclic) bond motifs is 1. The second-order valence-corrected chi connectivity index (χ2v) is 3.25. The number of hydrogen-bond acceptors (Lipinski definition) is 2. The molecule has 0 saturated heterocycles. The number of anilines is 1. The Morgan fingerprint density at radius 3 is 3.15 bits per heavy atom. The number of nitrogens with one attached hydrogen (secondary N) is 1. The van der Waals surface area contributed by atoms with E-state index in [0.29, 0.717) is 12.8 Å². The van der Waals surface area contributed by atoms with Crippen molar-refractivity contribution in [2.75, 3.05) is 5.32 Å². The Morgan fingerprint density at radius 1 is 1.69 bits per heavy atom. The quantitative estimate of drug-likeness (QED) is 0.720. The topological polar surface area (TPSA) is 29.9 Å². The number of hydrogen-bond donors (Lipinski definition) is 1. The molecule has 3 nitrogen and oxygen atoms in total. The Kier molecular flexibility index (Phi) is 1.94. The molecule has 1 aliphatic rings. The molecule has 0 bridgehead atoms. The molecule has 13 heavy (non-hydrogen) atoms. The molecule has 0 amide bonds. The summed E-state index contributed by atoms with van der Waals surface area (Å²) in [7, 11) is 1.82. The summed E-state index contributed by atoms with van der Waals surface area (Å²) in [5, 5.41) is 6.79. The molecule has 1 aliphatic heterocycles. The van der Waals surface area contributed by atoms with Crippen molar-refractivity contribution in [2.24, 2.45) is 7.05 Å². The van der Waals surface area contributed by atoms with Crippen LogP contribution in [0.2, 0.25) is 0 Å². The average Bonchev–Trinajstić information content (AvgIpc) is 2.47. The van der Waals surface area contributed by atoms with Gasteiger partial charge in [-0.1, -0.05) is 0 Å². The third kappa shape index (κ3) is 1.38. The molecule has 2 rings (SSSR count). The number of aromatic nitrogens is 2. The summed E-state index contributed by atoms with van der Waals surface area (Å²) in [5.74, 6) is 0. The Morgan fingerprint density at radius 2 is 2.46 bits per heavy atom. The molecule has 1 aromatic heterocycles. The van der Waals surface area contributed by atoms with Gasteiger partial charge in [0.05, 0.1) is 23.6 Å². The van der Waals surface area contributed by atoms with E-state index in [2.05, 4.69) is 10.4 Å². The largest absolute Gasteiger partial charge is 0.374 e. The fraction of sp³-hybridized carbons (Fsp3) is 0.625. The van der Waals surface area contributed by atoms with Crippen molar-refractivity contribution in [3.63, 3.8) is 0 Å². The maximum Gasteiger partial charge on any atom is 0.258 e. The number of halogens is 2. The van der Waals surface area contributed by atoms with E-state index < -0.39 is 12.5 Å². The molecule has 1 unspecified atom stereocenters. The number of nitrogens with zero attached hydrogens (tertiary/aromatic N) is 2. The zero-order chi connectivity index (χ0) is 9.42. The van der Waals surface area contributed by atoms with Gasteiger partial charge in [0.15, 0.2) is 0 Å². The molecule has 1 atom stereocenters. The van der Waals surface area contributed by atoms with Gasteiger partial charge in [0.25, 0.3) is 6.43 Å². The molecule has 5 heteroatoms. The summed E-state index contributed by atoms with van der Waals surface area (Å²) in [6, 6.07) is -0.711. The highest BCUT2D eigenvalue weighted by Gasteiger charge is 2.26. The van der Waals surface area contributed by atoms with Gasteiger partial charge in [-0.05, 0) is 12.8 Å². The molecule has 2 heterocycles. The first kappa shape index (κ1) is 8.47. The number of aryl methyl sites for hydroxylation is 1. The SMILES string of the molecule is Cn1ncc2c1CCC(C(F)F)N2. The molecule has 0 aliphatic carbocycles. The van der Waals surface area contributed by atoms with Gasteiger partial charge in [-0.25, -0.2) is 8.78 Å². The summed E-state index contributed by atoms with van der Waals surface area (Å²) in [6.45, 7) is 0. The van der Waals surface area contributed by atoms with E-state index in [0.717, 1.165) is 11.4 Å². The summed E-state index contributed by atoms with van der Waals surface area (Å²) in [5.41, 5.74) is 1.76. The van der Waals surface area contributed by atoms with Gasteiger partial charge >= 0.3 is 0 Å². The first-order valence-corrected chi connectivity index (χ1v) is 4.24. The van der Waals surface area contributed by atoms with Crippen LogP contribution < -0.4 is 5.32 Å². The molecule has 0 fully saturated rings. The van der Waals surface area contributed by atoms with Crippen LogP contribution in [0.5, 0.6) is 0 Å². The molecule has 0 radical (unpaired) electrons. The molecular weight excluding hydrogens is 176 g/mol. The number of rotatable bonds is 1. The van der Waals surface area contributed by atoms with Crippen LogP contribution in [-0.4, -0.2) is 22.2 Å². The van der Waals surface area contributed by atoms with Crippen LogP contribution >= 0.6 is 0 Å². The van der Waals surface area contributed by atoms with Crippen molar-refractivity contribution in [3.8, 4) is 0 Å². The predicted octanol–water partition coefficient (Wildman–Crippen LogP) is 1.41. The minimum absolute atomic E-state index is 0.476. The fourth-order valence-electron chi connectivity index (χ4n) is 1.63. The van der Waals surface area contributed by atoms with Gasteiger partial charge in [0, 0.05) is 7.05 Å². The second kappa shape index (κ2) is 2.97. The standard InChI is InChI=1S/C8H11F2N3/c1-13-7-3-2-5(8(9)10)12-6(7)4-11-13/h4-5,8,12H,2-3H2,1H3. The first-order valence-electron chi connectivity index (χ1n) is 4.24. The summed E-state index contributed by atoms with van der Waals surface area (Å²) >= 11 is 0. The lowest BCUT2D eigenvalue weighted by atomic mass is 10.0. The van der Waals surface area contributed by atoms with E-state index >= 15 is 0 Å². The maximum absolute atomic E-state index is 12.3. The van der Waals surface area contributed by atoms with E-state index in [-0.39, 0.29) is 0 Å². The van der Waals surface area contributed by atoms with Crippen molar-refractivity contribution in [1.29, 1.82) is 0 Å². The van der Waals surface area contributed by atoms with E-state index in [1.165, 1.54) is 0 Å². The minimum Gasteiger partial charge on any atom is -0.374 e. The Labute approximate surface area is 74.7 Å². The van der Waals surface area contributed by atoms with Crippen LogP contribution in [0.15, 0.2) is 6.20 Å². The monoisotopic (exact) mass is 187 g/mol. The highest BCUT2D eigenvalue weighted by Crippen LogP contribution is 2.26. The van der Waals surface area contributed by atoms with Gasteiger partial charge in [-0.2, -0.15) is 5.10 Å². The van der Waals surface area contributed by atoms with E-state index in [1.54, 1.807) is 10.9 Å². The Hall–Kier alpha value is -1.13. The molecule has 0 saturated carbocycles. The van der Waals surface area contributed by atoms with Crippen molar-refractivity contribution in [3.05, 3.63) is 11.9 Å².